The summed E-state index contributed by atoms with van der Waals surface area (Å²) in [5.41, 5.74) is -0.0181. The summed E-state index contributed by atoms with van der Waals surface area (Å²) in [6.45, 7) is 3.62. The summed E-state index contributed by atoms with van der Waals surface area (Å²) in [4.78, 5) is 11.6. The van der Waals surface area contributed by atoms with Crippen LogP contribution in [-0.4, -0.2) is 17.3 Å². The summed E-state index contributed by atoms with van der Waals surface area (Å²) in [6, 6.07) is 1.68. The molecule has 1 N–H and O–H groups in total. The van der Waals surface area contributed by atoms with Crippen LogP contribution in [-0.2, 0) is 6.42 Å². The highest BCUT2D eigenvalue weighted by Crippen LogP contribution is 2.26. The molecule has 0 radical (unpaired) electrons. The molecule has 0 spiro atoms. The maximum absolute atomic E-state index is 11.6. The van der Waals surface area contributed by atoms with Gasteiger partial charge in [0.25, 0.3) is 0 Å². The first kappa shape index (κ1) is 11.0. The van der Waals surface area contributed by atoms with E-state index in [-0.39, 0.29) is 12.5 Å². The Morgan fingerprint density at radius 3 is 3.00 bits per heavy atom. The molecule has 2 rings (SSSR count). The number of hydrogen-bond donors (Lipinski definition) is 1. The van der Waals surface area contributed by atoms with Gasteiger partial charge >= 0.3 is 5.63 Å². The highest BCUT2D eigenvalue weighted by molar-refractivity contribution is 5.47. The Morgan fingerprint density at radius 1 is 1.56 bits per heavy atom. The molecule has 4 heteroatoms. The number of hydrogen-bond acceptors (Lipinski definition) is 4. The summed E-state index contributed by atoms with van der Waals surface area (Å²) in [7, 11) is 0. The zero-order chi connectivity index (χ0) is 11.7. The van der Waals surface area contributed by atoms with E-state index in [2.05, 4.69) is 0 Å². The molecule has 0 aromatic carbocycles. The van der Waals surface area contributed by atoms with Crippen molar-refractivity contribution in [2.45, 2.75) is 32.5 Å². The zero-order valence-corrected chi connectivity index (χ0v) is 9.27. The van der Waals surface area contributed by atoms with Crippen LogP contribution in [0.3, 0.4) is 0 Å². The summed E-state index contributed by atoms with van der Waals surface area (Å²) in [5.74, 6) is 0.983. The molecule has 2 atom stereocenters. The molecule has 0 saturated heterocycles. The second-order valence-electron chi connectivity index (χ2n) is 3.87. The standard InChI is InChI=1S/C12H14O4/c1-3-4-8-5-11-9(12(14)16-8)6-10(13)7(2)15-11/h3-5,7,10,13H,6H2,1-2H3/b4-3+/t7-,10-/m0/s1. The summed E-state index contributed by atoms with van der Waals surface area (Å²) < 4.78 is 10.5. The maximum atomic E-state index is 11.6. The fourth-order valence-corrected chi connectivity index (χ4v) is 1.70. The Balaban J connectivity index is 2.48. The van der Waals surface area contributed by atoms with E-state index in [1.807, 2.05) is 6.92 Å². The summed E-state index contributed by atoms with van der Waals surface area (Å²) >= 11 is 0. The van der Waals surface area contributed by atoms with Gasteiger partial charge < -0.3 is 14.3 Å². The van der Waals surface area contributed by atoms with E-state index >= 15 is 0 Å². The first-order valence-electron chi connectivity index (χ1n) is 5.26. The van der Waals surface area contributed by atoms with Gasteiger partial charge in [0.05, 0.1) is 11.7 Å². The third-order valence-electron chi connectivity index (χ3n) is 2.63. The highest BCUT2D eigenvalue weighted by Gasteiger charge is 2.27. The molecule has 86 valence electrons. The number of allylic oxidation sites excluding steroid dienone is 1. The van der Waals surface area contributed by atoms with Crippen molar-refractivity contribution in [2.75, 3.05) is 0 Å². The number of fused-ring (bicyclic) bond motifs is 1. The van der Waals surface area contributed by atoms with Crippen LogP contribution >= 0.6 is 0 Å². The van der Waals surface area contributed by atoms with Gasteiger partial charge in [0, 0.05) is 12.5 Å². The van der Waals surface area contributed by atoms with Gasteiger partial charge in [0.15, 0.2) is 0 Å². The third kappa shape index (κ3) is 1.88. The number of aliphatic hydroxyl groups is 1. The quantitative estimate of drug-likeness (QED) is 0.779. The lowest BCUT2D eigenvalue weighted by Gasteiger charge is -2.26. The van der Waals surface area contributed by atoms with Crippen molar-refractivity contribution in [1.82, 2.24) is 0 Å². The van der Waals surface area contributed by atoms with E-state index in [0.29, 0.717) is 17.1 Å². The zero-order valence-electron chi connectivity index (χ0n) is 9.27. The average Bonchev–Trinajstić information content (AvgIpc) is 2.22. The molecule has 1 aromatic heterocycles. The molecule has 0 saturated carbocycles. The Morgan fingerprint density at radius 2 is 2.31 bits per heavy atom. The second kappa shape index (κ2) is 4.14. The van der Waals surface area contributed by atoms with Gasteiger partial charge in [-0.05, 0) is 19.9 Å². The Kier molecular flexibility index (Phi) is 2.83. The second-order valence-corrected chi connectivity index (χ2v) is 3.87. The van der Waals surface area contributed by atoms with Crippen molar-refractivity contribution in [3.63, 3.8) is 0 Å². The molecule has 16 heavy (non-hydrogen) atoms. The van der Waals surface area contributed by atoms with E-state index in [9.17, 15) is 9.90 Å². The van der Waals surface area contributed by atoms with Crippen molar-refractivity contribution < 1.29 is 14.3 Å². The van der Waals surface area contributed by atoms with Crippen LogP contribution in [0.4, 0.5) is 0 Å². The Hall–Kier alpha value is -1.55. The fraction of sp³-hybridized carbons (Fsp3) is 0.417. The van der Waals surface area contributed by atoms with Crippen molar-refractivity contribution >= 4 is 6.08 Å². The van der Waals surface area contributed by atoms with Crippen LogP contribution in [0.5, 0.6) is 5.75 Å². The Labute approximate surface area is 93.2 Å². The normalized spacial score (nSPS) is 24.2. The van der Waals surface area contributed by atoms with Crippen LogP contribution in [0, 0.1) is 0 Å². The number of ether oxygens (including phenoxy) is 1. The van der Waals surface area contributed by atoms with Crippen LogP contribution in [0.1, 0.15) is 25.2 Å². The molecule has 0 unspecified atom stereocenters. The summed E-state index contributed by atoms with van der Waals surface area (Å²) in [5, 5.41) is 9.60. The lowest BCUT2D eigenvalue weighted by Crippen LogP contribution is -2.37. The van der Waals surface area contributed by atoms with Gasteiger partial charge in [0.1, 0.15) is 17.6 Å². The lowest BCUT2D eigenvalue weighted by molar-refractivity contribution is 0.0310. The van der Waals surface area contributed by atoms with Crippen LogP contribution in [0.2, 0.25) is 0 Å². The SMILES string of the molecule is C/C=C/c1cc2c(c(=O)o1)C[C@H](O)[C@H](C)O2. The van der Waals surface area contributed by atoms with Gasteiger partial charge in [-0.25, -0.2) is 4.79 Å². The Bertz CT molecular complexity index is 472. The van der Waals surface area contributed by atoms with E-state index in [1.54, 1.807) is 25.1 Å². The van der Waals surface area contributed by atoms with Gasteiger partial charge in [-0.3, -0.25) is 0 Å². The first-order chi connectivity index (χ1) is 7.61. The first-order valence-corrected chi connectivity index (χ1v) is 5.26. The van der Waals surface area contributed by atoms with Gasteiger partial charge in [0.2, 0.25) is 0 Å². The van der Waals surface area contributed by atoms with Gasteiger partial charge in [-0.15, -0.1) is 0 Å². The molecule has 1 aromatic rings. The topological polar surface area (TPSA) is 59.7 Å². The molecule has 0 amide bonds. The van der Waals surface area contributed by atoms with Crippen molar-refractivity contribution in [3.8, 4) is 5.75 Å². The number of rotatable bonds is 1. The molecular formula is C12H14O4. The van der Waals surface area contributed by atoms with Crippen molar-refractivity contribution in [1.29, 1.82) is 0 Å². The molecule has 1 aliphatic heterocycles. The molecular weight excluding hydrogens is 208 g/mol. The van der Waals surface area contributed by atoms with E-state index in [0.717, 1.165) is 0 Å². The predicted octanol–water partition coefficient (Wildman–Crippen LogP) is 1.36. The monoisotopic (exact) mass is 222 g/mol. The van der Waals surface area contributed by atoms with E-state index in [1.165, 1.54) is 0 Å². The minimum Gasteiger partial charge on any atom is -0.487 e. The third-order valence-corrected chi connectivity index (χ3v) is 2.63. The molecule has 0 aliphatic carbocycles. The average molecular weight is 222 g/mol. The molecule has 4 nitrogen and oxygen atoms in total. The minimum atomic E-state index is -0.650. The number of aliphatic hydroxyl groups excluding tert-OH is 1. The van der Waals surface area contributed by atoms with Crippen LogP contribution < -0.4 is 10.4 Å². The van der Waals surface area contributed by atoms with Crippen LogP contribution in [0.25, 0.3) is 6.08 Å². The van der Waals surface area contributed by atoms with Crippen LogP contribution in [0.15, 0.2) is 21.4 Å². The van der Waals surface area contributed by atoms with E-state index in [4.69, 9.17) is 9.15 Å². The molecule has 0 bridgehead atoms. The fourth-order valence-electron chi connectivity index (χ4n) is 1.70. The van der Waals surface area contributed by atoms with Gasteiger partial charge in [-0.1, -0.05) is 6.08 Å². The highest BCUT2D eigenvalue weighted by atomic mass is 16.5. The predicted molar refractivity (Wildman–Crippen MR) is 59.5 cm³/mol. The lowest BCUT2D eigenvalue weighted by atomic mass is 10.0. The minimum absolute atomic E-state index is 0.287. The van der Waals surface area contributed by atoms with E-state index < -0.39 is 11.7 Å². The van der Waals surface area contributed by atoms with Crippen molar-refractivity contribution in [3.05, 3.63) is 33.9 Å². The molecule has 1 aliphatic rings. The summed E-state index contributed by atoms with van der Waals surface area (Å²) in [6.07, 6.45) is 2.82. The van der Waals surface area contributed by atoms with Crippen molar-refractivity contribution in [2.24, 2.45) is 0 Å². The van der Waals surface area contributed by atoms with Gasteiger partial charge in [-0.2, -0.15) is 0 Å². The maximum Gasteiger partial charge on any atom is 0.343 e. The molecule has 0 fully saturated rings. The smallest absolute Gasteiger partial charge is 0.343 e. The largest absolute Gasteiger partial charge is 0.487 e. The molecule has 2 heterocycles.